The van der Waals surface area contributed by atoms with Crippen molar-refractivity contribution in [1.82, 2.24) is 4.90 Å². The number of rotatable bonds is 9. The summed E-state index contributed by atoms with van der Waals surface area (Å²) in [7, 11) is 1.56. The van der Waals surface area contributed by atoms with Crippen LogP contribution in [-0.2, 0) is 9.59 Å². The number of ether oxygens (including phenoxy) is 2. The van der Waals surface area contributed by atoms with Gasteiger partial charge in [0, 0.05) is 19.2 Å². The summed E-state index contributed by atoms with van der Waals surface area (Å²) in [6, 6.07) is 5.39. The van der Waals surface area contributed by atoms with Crippen molar-refractivity contribution in [3.05, 3.63) is 29.8 Å². The topological polar surface area (TPSA) is 76.1 Å². The monoisotopic (exact) mass is 321 g/mol. The van der Waals surface area contributed by atoms with E-state index >= 15 is 0 Å². The Kier molecular flexibility index (Phi) is 7.66. The molecule has 0 bridgehead atoms. The van der Waals surface area contributed by atoms with Gasteiger partial charge >= 0.3 is 5.97 Å². The summed E-state index contributed by atoms with van der Waals surface area (Å²) >= 11 is 0. The molecule has 1 N–H and O–H groups in total. The van der Waals surface area contributed by atoms with Crippen molar-refractivity contribution in [2.75, 3.05) is 26.8 Å². The lowest BCUT2D eigenvalue weighted by Gasteiger charge is -2.17. The molecule has 0 aliphatic heterocycles. The van der Waals surface area contributed by atoms with Gasteiger partial charge in [-0.05, 0) is 37.6 Å². The molecule has 1 aromatic rings. The van der Waals surface area contributed by atoms with Crippen LogP contribution in [0.1, 0.15) is 25.8 Å². The summed E-state index contributed by atoms with van der Waals surface area (Å²) in [5.74, 6) is 0.105. The zero-order valence-electron chi connectivity index (χ0n) is 13.7. The standard InChI is InChI=1S/C17H23NO5/c1-4-18(11-10-17(20)21)16(19)9-7-13-6-8-14(23-5-2)15(12-13)22-3/h6-9,12H,4-5,10-11H2,1-3H3,(H,20,21)/b9-7+. The third kappa shape index (κ3) is 6.02. The number of aliphatic carboxylic acids is 1. The molecule has 6 heteroatoms. The number of benzene rings is 1. The molecule has 0 saturated carbocycles. The van der Waals surface area contributed by atoms with E-state index in [1.165, 1.54) is 11.0 Å². The molecule has 0 heterocycles. The van der Waals surface area contributed by atoms with Crippen LogP contribution in [0, 0.1) is 0 Å². The summed E-state index contributed by atoms with van der Waals surface area (Å²) in [5.41, 5.74) is 0.799. The van der Waals surface area contributed by atoms with E-state index in [1.807, 2.05) is 19.9 Å². The van der Waals surface area contributed by atoms with E-state index in [4.69, 9.17) is 14.6 Å². The minimum Gasteiger partial charge on any atom is -0.493 e. The Hall–Kier alpha value is -2.50. The number of methoxy groups -OCH3 is 1. The molecule has 1 rings (SSSR count). The first-order valence-electron chi connectivity index (χ1n) is 7.51. The molecular weight excluding hydrogens is 298 g/mol. The molecule has 0 fully saturated rings. The Balaban J connectivity index is 2.78. The molecule has 0 radical (unpaired) electrons. The van der Waals surface area contributed by atoms with E-state index in [0.29, 0.717) is 24.7 Å². The lowest BCUT2D eigenvalue weighted by molar-refractivity contribution is -0.137. The van der Waals surface area contributed by atoms with Crippen LogP contribution in [0.25, 0.3) is 6.08 Å². The van der Waals surface area contributed by atoms with E-state index in [0.717, 1.165) is 5.56 Å². The van der Waals surface area contributed by atoms with Crippen LogP contribution in [0.2, 0.25) is 0 Å². The second-order valence-electron chi connectivity index (χ2n) is 4.74. The molecule has 0 aromatic heterocycles. The highest BCUT2D eigenvalue weighted by molar-refractivity contribution is 5.92. The first-order chi connectivity index (χ1) is 11.0. The summed E-state index contributed by atoms with van der Waals surface area (Å²) in [5, 5.41) is 8.69. The largest absolute Gasteiger partial charge is 0.493 e. The third-order valence-electron chi connectivity index (χ3n) is 3.19. The number of carbonyl (C=O) groups is 2. The van der Waals surface area contributed by atoms with Crippen LogP contribution in [0.15, 0.2) is 24.3 Å². The first kappa shape index (κ1) is 18.5. The number of likely N-dealkylation sites (N-methyl/N-ethyl adjacent to an activating group) is 1. The normalized spacial score (nSPS) is 10.6. The van der Waals surface area contributed by atoms with Crippen LogP contribution in [-0.4, -0.2) is 48.7 Å². The van der Waals surface area contributed by atoms with Gasteiger partial charge in [-0.2, -0.15) is 0 Å². The minimum absolute atomic E-state index is 0.0652. The van der Waals surface area contributed by atoms with Crippen LogP contribution < -0.4 is 9.47 Å². The molecule has 0 spiro atoms. The predicted octanol–water partition coefficient (Wildman–Crippen LogP) is 2.43. The molecule has 23 heavy (non-hydrogen) atoms. The maximum atomic E-state index is 12.1. The van der Waals surface area contributed by atoms with Gasteiger partial charge < -0.3 is 19.5 Å². The molecule has 0 saturated heterocycles. The van der Waals surface area contributed by atoms with Crippen LogP contribution >= 0.6 is 0 Å². The second-order valence-corrected chi connectivity index (χ2v) is 4.74. The van der Waals surface area contributed by atoms with E-state index < -0.39 is 5.97 Å². The van der Waals surface area contributed by atoms with E-state index in [9.17, 15) is 9.59 Å². The fraction of sp³-hybridized carbons (Fsp3) is 0.412. The van der Waals surface area contributed by atoms with Crippen molar-refractivity contribution in [2.24, 2.45) is 0 Å². The number of carboxylic acid groups (broad SMARTS) is 1. The molecule has 0 unspecified atom stereocenters. The fourth-order valence-corrected chi connectivity index (χ4v) is 1.99. The second kappa shape index (κ2) is 9.50. The molecule has 0 atom stereocenters. The summed E-state index contributed by atoms with van der Waals surface area (Å²) in [4.78, 5) is 24.2. The molecule has 1 amide bonds. The van der Waals surface area contributed by atoms with Gasteiger partial charge in [-0.1, -0.05) is 6.07 Å². The fourth-order valence-electron chi connectivity index (χ4n) is 1.99. The van der Waals surface area contributed by atoms with E-state index in [2.05, 4.69) is 0 Å². The van der Waals surface area contributed by atoms with E-state index in [-0.39, 0.29) is 18.9 Å². The van der Waals surface area contributed by atoms with Crippen molar-refractivity contribution in [1.29, 1.82) is 0 Å². The first-order valence-corrected chi connectivity index (χ1v) is 7.51. The zero-order valence-corrected chi connectivity index (χ0v) is 13.7. The molecular formula is C17H23NO5. The highest BCUT2D eigenvalue weighted by Gasteiger charge is 2.10. The Morgan fingerprint density at radius 2 is 2.00 bits per heavy atom. The summed E-state index contributed by atoms with van der Waals surface area (Å²) in [6.07, 6.45) is 3.04. The van der Waals surface area contributed by atoms with Crippen molar-refractivity contribution in [2.45, 2.75) is 20.3 Å². The highest BCUT2D eigenvalue weighted by Crippen LogP contribution is 2.28. The molecule has 0 aliphatic carbocycles. The number of carbonyl (C=O) groups excluding carboxylic acids is 1. The van der Waals surface area contributed by atoms with Crippen molar-refractivity contribution < 1.29 is 24.2 Å². The Morgan fingerprint density at radius 3 is 2.57 bits per heavy atom. The summed E-state index contributed by atoms with van der Waals surface area (Å²) < 4.78 is 10.7. The number of carboxylic acids is 1. The third-order valence-corrected chi connectivity index (χ3v) is 3.19. The predicted molar refractivity (Wildman–Crippen MR) is 87.7 cm³/mol. The zero-order chi connectivity index (χ0) is 17.2. The molecule has 126 valence electrons. The van der Waals surface area contributed by atoms with Gasteiger partial charge in [-0.25, -0.2) is 0 Å². The quantitative estimate of drug-likeness (QED) is 0.707. The number of amides is 1. The van der Waals surface area contributed by atoms with Crippen molar-refractivity contribution >= 4 is 18.0 Å². The molecule has 1 aromatic carbocycles. The van der Waals surface area contributed by atoms with Gasteiger partial charge in [-0.15, -0.1) is 0 Å². The minimum atomic E-state index is -0.920. The van der Waals surface area contributed by atoms with Gasteiger partial charge in [0.05, 0.1) is 20.1 Å². The Morgan fingerprint density at radius 1 is 1.26 bits per heavy atom. The highest BCUT2D eigenvalue weighted by atomic mass is 16.5. The maximum absolute atomic E-state index is 12.1. The van der Waals surface area contributed by atoms with Crippen molar-refractivity contribution in [3.63, 3.8) is 0 Å². The molecule has 6 nitrogen and oxygen atoms in total. The SMILES string of the molecule is CCOc1ccc(/C=C/C(=O)N(CC)CCC(=O)O)cc1OC. The van der Waals surface area contributed by atoms with Crippen LogP contribution in [0.5, 0.6) is 11.5 Å². The maximum Gasteiger partial charge on any atom is 0.305 e. The van der Waals surface area contributed by atoms with Gasteiger partial charge in [0.2, 0.25) is 5.91 Å². The summed E-state index contributed by atoms with van der Waals surface area (Å²) in [6.45, 7) is 4.90. The van der Waals surface area contributed by atoms with Gasteiger partial charge in [0.1, 0.15) is 0 Å². The van der Waals surface area contributed by atoms with Crippen LogP contribution in [0.4, 0.5) is 0 Å². The smallest absolute Gasteiger partial charge is 0.305 e. The lowest BCUT2D eigenvalue weighted by atomic mass is 10.2. The van der Waals surface area contributed by atoms with Crippen LogP contribution in [0.3, 0.4) is 0 Å². The van der Waals surface area contributed by atoms with Gasteiger partial charge in [0.25, 0.3) is 0 Å². The average Bonchev–Trinajstić information content (AvgIpc) is 2.54. The Labute approximate surface area is 136 Å². The Bertz CT molecular complexity index is 568. The average molecular weight is 321 g/mol. The number of hydrogen-bond acceptors (Lipinski definition) is 4. The lowest BCUT2D eigenvalue weighted by Crippen LogP contribution is -2.31. The van der Waals surface area contributed by atoms with Gasteiger partial charge in [0.15, 0.2) is 11.5 Å². The number of hydrogen-bond donors (Lipinski definition) is 1. The molecule has 0 aliphatic rings. The van der Waals surface area contributed by atoms with E-state index in [1.54, 1.807) is 25.3 Å². The number of nitrogens with zero attached hydrogens (tertiary/aromatic N) is 1. The van der Waals surface area contributed by atoms with Crippen molar-refractivity contribution in [3.8, 4) is 11.5 Å². The van der Waals surface area contributed by atoms with Gasteiger partial charge in [-0.3, -0.25) is 9.59 Å².